The van der Waals surface area contributed by atoms with Crippen molar-refractivity contribution in [2.75, 3.05) is 0 Å². The minimum atomic E-state index is -0.335. The first-order valence-corrected chi connectivity index (χ1v) is 7.05. The van der Waals surface area contributed by atoms with Crippen molar-refractivity contribution in [2.45, 2.75) is 32.0 Å². The highest BCUT2D eigenvalue weighted by molar-refractivity contribution is 5.92. The third kappa shape index (κ3) is 2.83. The molecular weight excluding hydrogens is 287 g/mol. The summed E-state index contributed by atoms with van der Waals surface area (Å²) in [4.78, 5) is 13.5. The third-order valence-corrected chi connectivity index (χ3v) is 3.70. The van der Waals surface area contributed by atoms with Gasteiger partial charge >= 0.3 is 0 Å². The van der Waals surface area contributed by atoms with Crippen LogP contribution < -0.4 is 16.2 Å². The van der Waals surface area contributed by atoms with Gasteiger partial charge < -0.3 is 5.32 Å². The number of nitrogens with zero attached hydrogens (tertiary/aromatic N) is 3. The van der Waals surface area contributed by atoms with Gasteiger partial charge in [0.25, 0.3) is 5.91 Å². The lowest BCUT2D eigenvalue weighted by molar-refractivity contribution is 0.0926. The molecule has 2 heterocycles. The molecule has 2 atom stereocenters. The molecule has 116 valence electrons. The van der Waals surface area contributed by atoms with Gasteiger partial charge in [-0.25, -0.2) is 4.39 Å². The molecule has 1 aliphatic rings. The fraction of sp³-hybridized carbons (Fsp3) is 0.357. The van der Waals surface area contributed by atoms with Crippen LogP contribution in [0, 0.1) is 5.82 Å². The third-order valence-electron chi connectivity index (χ3n) is 3.70. The molecule has 7 nitrogen and oxygen atoms in total. The minimum Gasteiger partial charge on any atom is -0.345 e. The van der Waals surface area contributed by atoms with Crippen LogP contribution >= 0.6 is 0 Å². The quantitative estimate of drug-likeness (QED) is 0.764. The molecule has 1 amide bonds. The summed E-state index contributed by atoms with van der Waals surface area (Å²) in [6.45, 7) is 3.97. The molecule has 1 aliphatic heterocycles. The second-order valence-electron chi connectivity index (χ2n) is 5.36. The first-order valence-electron chi connectivity index (χ1n) is 7.05. The van der Waals surface area contributed by atoms with E-state index in [-0.39, 0.29) is 35.5 Å². The van der Waals surface area contributed by atoms with Gasteiger partial charge in [0.1, 0.15) is 5.82 Å². The smallest absolute Gasteiger partial charge is 0.273 e. The minimum absolute atomic E-state index is 0.0385. The van der Waals surface area contributed by atoms with Crippen molar-refractivity contribution in [3.05, 3.63) is 42.0 Å². The van der Waals surface area contributed by atoms with E-state index in [9.17, 15) is 9.18 Å². The van der Waals surface area contributed by atoms with E-state index in [1.165, 1.54) is 23.1 Å². The lowest BCUT2D eigenvalue weighted by atomic mass is 10.1. The topological polar surface area (TPSA) is 83.9 Å². The summed E-state index contributed by atoms with van der Waals surface area (Å²) in [5, 5.41) is 11.1. The van der Waals surface area contributed by atoms with E-state index in [0.717, 1.165) is 0 Å². The Hall–Kier alpha value is -2.32. The first kappa shape index (κ1) is 14.6. The molecule has 1 fully saturated rings. The van der Waals surface area contributed by atoms with E-state index in [4.69, 9.17) is 0 Å². The van der Waals surface area contributed by atoms with Crippen LogP contribution in [0.15, 0.2) is 30.5 Å². The number of aromatic nitrogens is 3. The van der Waals surface area contributed by atoms with Crippen LogP contribution in [-0.2, 0) is 0 Å². The fourth-order valence-electron chi connectivity index (χ4n) is 2.42. The van der Waals surface area contributed by atoms with Gasteiger partial charge in [-0.2, -0.15) is 9.90 Å². The van der Waals surface area contributed by atoms with Gasteiger partial charge in [0, 0.05) is 12.1 Å². The van der Waals surface area contributed by atoms with Crippen molar-refractivity contribution >= 4 is 5.91 Å². The maximum atomic E-state index is 12.9. The van der Waals surface area contributed by atoms with Crippen LogP contribution in [0.1, 0.15) is 24.3 Å². The Balaban J connectivity index is 1.73. The highest BCUT2D eigenvalue weighted by atomic mass is 19.1. The number of benzene rings is 1. The fourth-order valence-corrected chi connectivity index (χ4v) is 2.42. The van der Waals surface area contributed by atoms with Gasteiger partial charge in [-0.15, -0.1) is 5.10 Å². The number of halogens is 1. The highest BCUT2D eigenvalue weighted by Gasteiger charge is 2.31. The van der Waals surface area contributed by atoms with E-state index in [0.29, 0.717) is 5.69 Å². The SMILES string of the molecule is CC1NNC(C)C1NC(=O)c1cnn(-c2ccc(F)cc2)n1. The summed E-state index contributed by atoms with van der Waals surface area (Å²) in [7, 11) is 0. The standard InChI is InChI=1S/C14H17FN6O/c1-8-13(9(2)19-18-8)17-14(22)12-7-16-21(20-12)11-5-3-10(15)4-6-11/h3-9,13,18-19H,1-2H3,(H,17,22). The Kier molecular flexibility index (Phi) is 3.86. The molecule has 0 bridgehead atoms. The zero-order valence-corrected chi connectivity index (χ0v) is 12.2. The summed E-state index contributed by atoms with van der Waals surface area (Å²) in [5.74, 6) is -0.624. The molecule has 3 N–H and O–H groups in total. The molecule has 0 radical (unpaired) electrons. The molecule has 1 aromatic heterocycles. The van der Waals surface area contributed by atoms with E-state index in [1.807, 2.05) is 13.8 Å². The average Bonchev–Trinajstić information content (AvgIpc) is 3.10. The van der Waals surface area contributed by atoms with Crippen LogP contribution in [0.25, 0.3) is 5.69 Å². The predicted molar refractivity (Wildman–Crippen MR) is 77.8 cm³/mol. The Morgan fingerprint density at radius 3 is 2.50 bits per heavy atom. The van der Waals surface area contributed by atoms with E-state index < -0.39 is 0 Å². The highest BCUT2D eigenvalue weighted by Crippen LogP contribution is 2.09. The second-order valence-corrected chi connectivity index (χ2v) is 5.36. The van der Waals surface area contributed by atoms with Crippen molar-refractivity contribution in [3.63, 3.8) is 0 Å². The predicted octanol–water partition coefficient (Wildman–Crippen LogP) is 0.390. The molecule has 1 aromatic carbocycles. The maximum absolute atomic E-state index is 12.9. The van der Waals surface area contributed by atoms with Gasteiger partial charge in [0.2, 0.25) is 0 Å². The lowest BCUT2D eigenvalue weighted by Crippen LogP contribution is -2.46. The van der Waals surface area contributed by atoms with Crippen molar-refractivity contribution in [3.8, 4) is 5.69 Å². The Morgan fingerprint density at radius 1 is 1.23 bits per heavy atom. The van der Waals surface area contributed by atoms with Crippen LogP contribution in [0.3, 0.4) is 0 Å². The van der Waals surface area contributed by atoms with Crippen molar-refractivity contribution in [1.29, 1.82) is 0 Å². The van der Waals surface area contributed by atoms with Gasteiger partial charge in [-0.1, -0.05) is 0 Å². The number of carbonyl (C=O) groups excluding carboxylic acids is 1. The molecule has 8 heteroatoms. The largest absolute Gasteiger partial charge is 0.345 e. The molecular formula is C14H17FN6O. The number of hydrogen-bond acceptors (Lipinski definition) is 5. The van der Waals surface area contributed by atoms with Crippen LogP contribution in [0.2, 0.25) is 0 Å². The summed E-state index contributed by atoms with van der Waals surface area (Å²) in [5.41, 5.74) is 6.95. The van der Waals surface area contributed by atoms with Gasteiger partial charge in [-0.05, 0) is 38.1 Å². The normalized spacial score (nSPS) is 24.4. The van der Waals surface area contributed by atoms with Crippen molar-refractivity contribution in [2.24, 2.45) is 0 Å². The maximum Gasteiger partial charge on any atom is 0.273 e. The van der Waals surface area contributed by atoms with E-state index in [2.05, 4.69) is 26.4 Å². The number of hydrazine groups is 1. The van der Waals surface area contributed by atoms with E-state index in [1.54, 1.807) is 12.1 Å². The Labute approximate surface area is 126 Å². The first-order chi connectivity index (χ1) is 10.5. The summed E-state index contributed by atoms with van der Waals surface area (Å²) < 4.78 is 12.9. The molecule has 3 rings (SSSR count). The summed E-state index contributed by atoms with van der Waals surface area (Å²) in [6.07, 6.45) is 1.39. The number of carbonyl (C=O) groups is 1. The molecule has 22 heavy (non-hydrogen) atoms. The number of hydrogen-bond donors (Lipinski definition) is 3. The number of amides is 1. The zero-order chi connectivity index (χ0) is 15.7. The number of rotatable bonds is 3. The van der Waals surface area contributed by atoms with Gasteiger partial charge in [0.15, 0.2) is 5.69 Å². The van der Waals surface area contributed by atoms with Gasteiger partial charge in [-0.3, -0.25) is 15.6 Å². The average molecular weight is 304 g/mol. The Morgan fingerprint density at radius 2 is 1.86 bits per heavy atom. The van der Waals surface area contributed by atoms with Crippen LogP contribution in [0.5, 0.6) is 0 Å². The summed E-state index contributed by atoms with van der Waals surface area (Å²) in [6, 6.07) is 5.92. The van der Waals surface area contributed by atoms with E-state index >= 15 is 0 Å². The van der Waals surface area contributed by atoms with Crippen molar-refractivity contribution < 1.29 is 9.18 Å². The summed E-state index contributed by atoms with van der Waals surface area (Å²) >= 11 is 0. The second kappa shape index (κ2) is 5.82. The van der Waals surface area contributed by atoms with Crippen molar-refractivity contribution in [1.82, 2.24) is 31.2 Å². The zero-order valence-electron chi connectivity index (χ0n) is 12.2. The molecule has 1 saturated heterocycles. The molecule has 2 unspecified atom stereocenters. The van der Waals surface area contributed by atoms with Crippen LogP contribution in [0.4, 0.5) is 4.39 Å². The van der Waals surface area contributed by atoms with Gasteiger partial charge in [0.05, 0.1) is 17.9 Å². The lowest BCUT2D eigenvalue weighted by Gasteiger charge is -2.18. The molecule has 0 aliphatic carbocycles. The molecule has 2 aromatic rings. The molecule has 0 saturated carbocycles. The van der Waals surface area contributed by atoms with Crippen LogP contribution in [-0.4, -0.2) is 39.0 Å². The number of nitrogens with one attached hydrogen (secondary N) is 3. The molecule has 0 spiro atoms. The monoisotopic (exact) mass is 304 g/mol. The Bertz CT molecular complexity index is 660.